The lowest BCUT2D eigenvalue weighted by molar-refractivity contribution is -0.136. The van der Waals surface area contributed by atoms with Crippen LogP contribution in [0.5, 0.6) is 0 Å². The molecule has 0 aliphatic heterocycles. The Kier molecular flexibility index (Phi) is 4.85. The van der Waals surface area contributed by atoms with Crippen molar-refractivity contribution in [1.29, 1.82) is 0 Å². The number of carboxylic acid groups (broad SMARTS) is 1. The quantitative estimate of drug-likeness (QED) is 0.644. The van der Waals surface area contributed by atoms with Crippen LogP contribution in [0.4, 0.5) is 10.3 Å². The number of pyridine rings is 1. The number of halogens is 2. The van der Waals surface area contributed by atoms with Gasteiger partial charge in [-0.2, -0.15) is 0 Å². The number of carbonyl (C=O) groups is 1. The molecule has 1 fully saturated rings. The van der Waals surface area contributed by atoms with Crippen LogP contribution < -0.4 is 4.90 Å². The average molecular weight is 429 g/mol. The number of carboxylic acids is 1. The lowest BCUT2D eigenvalue weighted by Crippen LogP contribution is -2.42. The Morgan fingerprint density at radius 3 is 2.73 bits per heavy atom. The van der Waals surface area contributed by atoms with Gasteiger partial charge >= 0.3 is 5.97 Å². The predicted molar refractivity (Wildman–Crippen MR) is 112 cm³/mol. The van der Waals surface area contributed by atoms with Crippen LogP contribution in [0, 0.1) is 11.7 Å². The van der Waals surface area contributed by atoms with Crippen molar-refractivity contribution >= 4 is 29.0 Å². The SMILES string of the molecule is O=C(O)Cc1c2c(n3cc(Cl)ccc13)CC(N(CC1CC1)c1ncc(F)cn1)CC2. The minimum Gasteiger partial charge on any atom is -0.481 e. The molecule has 0 radical (unpaired) electrons. The van der Waals surface area contributed by atoms with Gasteiger partial charge in [0.1, 0.15) is 0 Å². The van der Waals surface area contributed by atoms with E-state index in [0.29, 0.717) is 16.9 Å². The summed E-state index contributed by atoms with van der Waals surface area (Å²) in [6.45, 7) is 0.859. The lowest BCUT2D eigenvalue weighted by Gasteiger charge is -2.35. The fourth-order valence-corrected chi connectivity index (χ4v) is 4.77. The molecular formula is C22H22ClFN4O2. The molecule has 2 aliphatic rings. The molecule has 6 nitrogen and oxygen atoms in total. The molecule has 1 saturated carbocycles. The molecule has 2 aliphatic carbocycles. The highest BCUT2D eigenvalue weighted by atomic mass is 35.5. The number of nitrogens with zero attached hydrogens (tertiary/aromatic N) is 4. The Labute approximate surface area is 178 Å². The Morgan fingerprint density at radius 2 is 2.03 bits per heavy atom. The van der Waals surface area contributed by atoms with Crippen LogP contribution >= 0.6 is 11.6 Å². The smallest absolute Gasteiger partial charge is 0.307 e. The van der Waals surface area contributed by atoms with Crippen molar-refractivity contribution in [3.8, 4) is 0 Å². The standard InChI is InChI=1S/C22H22ClFN4O2/c23-14-3-6-19-18(8-21(29)30)17-5-4-16(7-20(17)28(19)12-14)27(11-13-1-2-13)22-25-9-15(24)10-26-22/h3,6,9-10,12-13,16H,1-2,4-5,7-8,11H2,(H,29,30). The molecular weight excluding hydrogens is 407 g/mol. The highest BCUT2D eigenvalue weighted by molar-refractivity contribution is 6.30. The normalized spacial score (nSPS) is 18.4. The van der Waals surface area contributed by atoms with Crippen LogP contribution in [-0.2, 0) is 24.1 Å². The fourth-order valence-electron chi connectivity index (χ4n) is 4.61. The Balaban J connectivity index is 1.54. The van der Waals surface area contributed by atoms with Crippen LogP contribution in [0.25, 0.3) is 5.52 Å². The molecule has 30 heavy (non-hydrogen) atoms. The Morgan fingerprint density at radius 1 is 1.27 bits per heavy atom. The summed E-state index contributed by atoms with van der Waals surface area (Å²) in [6, 6.07) is 3.87. The number of fused-ring (bicyclic) bond motifs is 3. The fraction of sp³-hybridized carbons (Fsp3) is 0.409. The maximum atomic E-state index is 13.4. The molecule has 156 valence electrons. The second-order valence-electron chi connectivity index (χ2n) is 8.27. The number of hydrogen-bond donors (Lipinski definition) is 1. The molecule has 0 saturated heterocycles. The first-order chi connectivity index (χ1) is 14.5. The summed E-state index contributed by atoms with van der Waals surface area (Å²) in [6.07, 6.45) is 9.08. The van der Waals surface area contributed by atoms with Crippen molar-refractivity contribution in [1.82, 2.24) is 14.4 Å². The first-order valence-corrected chi connectivity index (χ1v) is 10.6. The van der Waals surface area contributed by atoms with Gasteiger partial charge in [-0.05, 0) is 54.9 Å². The third-order valence-corrected chi connectivity index (χ3v) is 6.39. The molecule has 8 heteroatoms. The van der Waals surface area contributed by atoms with Crippen molar-refractivity contribution in [2.45, 2.75) is 44.6 Å². The summed E-state index contributed by atoms with van der Waals surface area (Å²) in [5.74, 6) is -0.0958. The van der Waals surface area contributed by atoms with Gasteiger partial charge in [0.05, 0.1) is 23.8 Å². The first-order valence-electron chi connectivity index (χ1n) is 10.3. The number of aliphatic carboxylic acids is 1. The molecule has 0 amide bonds. The summed E-state index contributed by atoms with van der Waals surface area (Å²) < 4.78 is 15.4. The predicted octanol–water partition coefficient (Wildman–Crippen LogP) is 3.92. The molecule has 0 spiro atoms. The topological polar surface area (TPSA) is 70.7 Å². The maximum absolute atomic E-state index is 13.4. The van der Waals surface area contributed by atoms with Crippen molar-refractivity contribution < 1.29 is 14.3 Å². The number of anilines is 1. The summed E-state index contributed by atoms with van der Waals surface area (Å²) in [4.78, 5) is 22.2. The summed E-state index contributed by atoms with van der Waals surface area (Å²) in [5, 5.41) is 10.0. The largest absolute Gasteiger partial charge is 0.481 e. The van der Waals surface area contributed by atoms with Crippen LogP contribution in [0.3, 0.4) is 0 Å². The van der Waals surface area contributed by atoms with Crippen molar-refractivity contribution in [2.24, 2.45) is 5.92 Å². The first kappa shape index (κ1) is 19.3. The van der Waals surface area contributed by atoms with E-state index in [9.17, 15) is 14.3 Å². The molecule has 3 aromatic heterocycles. The second kappa shape index (κ2) is 7.54. The van der Waals surface area contributed by atoms with Gasteiger partial charge in [-0.15, -0.1) is 0 Å². The van der Waals surface area contributed by atoms with Gasteiger partial charge in [0.2, 0.25) is 5.95 Å². The molecule has 0 bridgehead atoms. The van der Waals surface area contributed by atoms with Crippen molar-refractivity contribution in [3.05, 3.63) is 58.4 Å². The maximum Gasteiger partial charge on any atom is 0.307 e. The van der Waals surface area contributed by atoms with E-state index >= 15 is 0 Å². The van der Waals surface area contributed by atoms with Gasteiger partial charge in [-0.1, -0.05) is 11.6 Å². The van der Waals surface area contributed by atoms with Crippen molar-refractivity contribution in [2.75, 3.05) is 11.4 Å². The van der Waals surface area contributed by atoms with E-state index in [1.54, 1.807) is 6.07 Å². The molecule has 1 unspecified atom stereocenters. The third-order valence-electron chi connectivity index (χ3n) is 6.17. The van der Waals surface area contributed by atoms with Crippen LogP contribution in [0.2, 0.25) is 5.02 Å². The second-order valence-corrected chi connectivity index (χ2v) is 8.71. The molecule has 3 aromatic rings. The van der Waals surface area contributed by atoms with Gasteiger partial charge in [-0.25, -0.2) is 14.4 Å². The molecule has 1 atom stereocenters. The zero-order chi connectivity index (χ0) is 20.8. The highest BCUT2D eigenvalue weighted by Gasteiger charge is 2.34. The Bertz CT molecular complexity index is 1110. The van der Waals surface area contributed by atoms with Crippen LogP contribution in [0.15, 0.2) is 30.7 Å². The van der Waals surface area contributed by atoms with E-state index in [1.807, 2.05) is 16.7 Å². The summed E-state index contributed by atoms with van der Waals surface area (Å²) >= 11 is 6.26. The minimum atomic E-state index is -0.836. The molecule has 5 rings (SSSR count). The van der Waals surface area contributed by atoms with Gasteiger partial charge < -0.3 is 14.4 Å². The monoisotopic (exact) mass is 428 g/mol. The molecule has 1 N–H and O–H groups in total. The van der Waals surface area contributed by atoms with Crippen LogP contribution in [0.1, 0.15) is 36.1 Å². The van der Waals surface area contributed by atoms with Crippen molar-refractivity contribution in [3.63, 3.8) is 0 Å². The summed E-state index contributed by atoms with van der Waals surface area (Å²) in [7, 11) is 0. The van der Waals surface area contributed by atoms with E-state index in [2.05, 4.69) is 14.9 Å². The Hall–Kier alpha value is -2.67. The number of rotatable bonds is 6. The molecule has 3 heterocycles. The lowest BCUT2D eigenvalue weighted by atomic mass is 9.89. The van der Waals surface area contributed by atoms with E-state index in [0.717, 1.165) is 48.1 Å². The zero-order valence-electron chi connectivity index (χ0n) is 16.4. The van der Waals surface area contributed by atoms with Gasteiger partial charge in [0.25, 0.3) is 0 Å². The van der Waals surface area contributed by atoms with E-state index < -0.39 is 11.8 Å². The number of aromatic nitrogens is 3. The van der Waals surface area contributed by atoms with Crippen LogP contribution in [-0.4, -0.2) is 38.0 Å². The minimum absolute atomic E-state index is 0.00199. The van der Waals surface area contributed by atoms with E-state index in [1.165, 1.54) is 25.2 Å². The summed E-state index contributed by atoms with van der Waals surface area (Å²) in [5.41, 5.74) is 3.99. The van der Waals surface area contributed by atoms with Gasteiger partial charge in [-0.3, -0.25) is 4.79 Å². The zero-order valence-corrected chi connectivity index (χ0v) is 17.1. The van der Waals surface area contributed by atoms with Gasteiger partial charge in [0, 0.05) is 36.4 Å². The van der Waals surface area contributed by atoms with E-state index in [4.69, 9.17) is 11.6 Å². The van der Waals surface area contributed by atoms with E-state index in [-0.39, 0.29) is 12.5 Å². The highest BCUT2D eigenvalue weighted by Crippen LogP contribution is 2.37. The average Bonchev–Trinajstić information content (AvgIpc) is 3.50. The van der Waals surface area contributed by atoms with Gasteiger partial charge in [0.15, 0.2) is 5.82 Å². The molecule has 0 aromatic carbocycles. The third kappa shape index (κ3) is 3.62. The number of hydrogen-bond acceptors (Lipinski definition) is 4.